The maximum atomic E-state index is 11.4. The van der Waals surface area contributed by atoms with Crippen LogP contribution < -0.4 is 5.32 Å². The average molecular weight is 253 g/mol. The fourth-order valence-electron chi connectivity index (χ4n) is 1.27. The van der Waals surface area contributed by atoms with Gasteiger partial charge in [-0.15, -0.1) is 0 Å². The zero-order valence-electron chi connectivity index (χ0n) is 10.0. The summed E-state index contributed by atoms with van der Waals surface area (Å²) in [7, 11) is 1.29. The smallest absolute Gasteiger partial charge is 0.337 e. The van der Waals surface area contributed by atoms with Crippen molar-refractivity contribution in [1.29, 1.82) is 0 Å². The maximum Gasteiger partial charge on any atom is 0.337 e. The van der Waals surface area contributed by atoms with E-state index in [1.54, 1.807) is 18.2 Å². The summed E-state index contributed by atoms with van der Waals surface area (Å²) in [4.78, 5) is 22.7. The number of aliphatic hydroxyl groups excluding tert-OH is 1. The van der Waals surface area contributed by atoms with Crippen molar-refractivity contribution in [3.63, 3.8) is 0 Å². The van der Waals surface area contributed by atoms with Crippen LogP contribution in [0.15, 0.2) is 24.3 Å². The van der Waals surface area contributed by atoms with Gasteiger partial charge in [-0.25, -0.2) is 4.79 Å². The molecule has 2 N–H and O–H groups in total. The number of carbonyl (C=O) groups excluding carboxylic acids is 2. The molecule has 0 heterocycles. The number of benzene rings is 1. The normalized spacial score (nSPS) is 9.89. The third-order valence-electron chi connectivity index (χ3n) is 2.04. The molecule has 18 heavy (non-hydrogen) atoms. The van der Waals surface area contributed by atoms with Gasteiger partial charge in [0.25, 0.3) is 0 Å². The van der Waals surface area contributed by atoms with Crippen molar-refractivity contribution >= 4 is 17.6 Å². The lowest BCUT2D eigenvalue weighted by molar-refractivity contribution is -0.120. The highest BCUT2D eigenvalue weighted by molar-refractivity contribution is 5.94. The number of anilines is 1. The van der Waals surface area contributed by atoms with Crippen molar-refractivity contribution in [1.82, 2.24) is 0 Å². The Kier molecular flexibility index (Phi) is 5.83. The SMILES string of the molecule is COC(=O)c1cccc(NC(=O)COCCO)c1. The second-order valence-corrected chi connectivity index (χ2v) is 3.40. The van der Waals surface area contributed by atoms with E-state index in [4.69, 9.17) is 9.84 Å². The highest BCUT2D eigenvalue weighted by Gasteiger charge is 2.07. The fraction of sp³-hybridized carbons (Fsp3) is 0.333. The van der Waals surface area contributed by atoms with Crippen LogP contribution in [0.25, 0.3) is 0 Å². The van der Waals surface area contributed by atoms with E-state index in [1.807, 2.05) is 0 Å². The van der Waals surface area contributed by atoms with Gasteiger partial charge in [-0.05, 0) is 18.2 Å². The van der Waals surface area contributed by atoms with Gasteiger partial charge in [-0.3, -0.25) is 4.79 Å². The molecule has 0 fully saturated rings. The number of methoxy groups -OCH3 is 1. The van der Waals surface area contributed by atoms with Gasteiger partial charge < -0.3 is 19.9 Å². The highest BCUT2D eigenvalue weighted by atomic mass is 16.5. The molecule has 1 aromatic rings. The molecule has 0 aliphatic heterocycles. The lowest BCUT2D eigenvalue weighted by atomic mass is 10.2. The molecule has 1 aromatic carbocycles. The molecule has 0 aliphatic rings. The van der Waals surface area contributed by atoms with Gasteiger partial charge in [0.2, 0.25) is 5.91 Å². The number of hydrogen-bond acceptors (Lipinski definition) is 5. The summed E-state index contributed by atoms with van der Waals surface area (Å²) in [6.07, 6.45) is 0. The number of esters is 1. The quantitative estimate of drug-likeness (QED) is 0.567. The second-order valence-electron chi connectivity index (χ2n) is 3.40. The standard InChI is InChI=1S/C12H15NO5/c1-17-12(16)9-3-2-4-10(7-9)13-11(15)8-18-6-5-14/h2-4,7,14H,5-6,8H2,1H3,(H,13,15). The van der Waals surface area contributed by atoms with Crippen LogP contribution in [0.3, 0.4) is 0 Å². The monoisotopic (exact) mass is 253 g/mol. The molecule has 0 spiro atoms. The van der Waals surface area contributed by atoms with Crippen molar-refractivity contribution in [2.24, 2.45) is 0 Å². The van der Waals surface area contributed by atoms with Gasteiger partial charge in [-0.1, -0.05) is 6.07 Å². The average Bonchev–Trinajstić information content (AvgIpc) is 2.38. The highest BCUT2D eigenvalue weighted by Crippen LogP contribution is 2.11. The predicted molar refractivity (Wildman–Crippen MR) is 64.3 cm³/mol. The molecule has 0 bridgehead atoms. The molecule has 0 atom stereocenters. The van der Waals surface area contributed by atoms with Crippen molar-refractivity contribution in [3.8, 4) is 0 Å². The molecule has 0 saturated carbocycles. The summed E-state index contributed by atoms with van der Waals surface area (Å²) < 4.78 is 9.43. The van der Waals surface area contributed by atoms with Gasteiger partial charge in [0.1, 0.15) is 6.61 Å². The zero-order chi connectivity index (χ0) is 13.4. The Morgan fingerprint density at radius 2 is 2.17 bits per heavy atom. The number of nitrogens with one attached hydrogen (secondary N) is 1. The molecule has 6 heteroatoms. The summed E-state index contributed by atoms with van der Waals surface area (Å²) in [5.74, 6) is -0.826. The molecule has 6 nitrogen and oxygen atoms in total. The molecule has 98 valence electrons. The minimum Gasteiger partial charge on any atom is -0.465 e. The number of rotatable bonds is 6. The van der Waals surface area contributed by atoms with E-state index in [-0.39, 0.29) is 25.7 Å². The van der Waals surface area contributed by atoms with Crippen molar-refractivity contribution in [3.05, 3.63) is 29.8 Å². The largest absolute Gasteiger partial charge is 0.465 e. The van der Waals surface area contributed by atoms with Crippen LogP contribution in [0.1, 0.15) is 10.4 Å². The van der Waals surface area contributed by atoms with Crippen LogP contribution in [0.5, 0.6) is 0 Å². The van der Waals surface area contributed by atoms with E-state index in [9.17, 15) is 9.59 Å². The predicted octanol–water partition coefficient (Wildman–Crippen LogP) is 0.421. The first-order chi connectivity index (χ1) is 8.67. The van der Waals surface area contributed by atoms with Gasteiger partial charge in [0, 0.05) is 5.69 Å². The summed E-state index contributed by atoms with van der Waals surface area (Å²) in [6.45, 7) is -0.177. The molecule has 0 saturated heterocycles. The Morgan fingerprint density at radius 3 is 2.83 bits per heavy atom. The van der Waals surface area contributed by atoms with E-state index >= 15 is 0 Å². The number of amides is 1. The molecule has 0 unspecified atom stereocenters. The van der Waals surface area contributed by atoms with Crippen LogP contribution in [-0.2, 0) is 14.3 Å². The Bertz CT molecular complexity index is 419. The first kappa shape index (κ1) is 14.1. The first-order valence-corrected chi connectivity index (χ1v) is 5.34. The van der Waals surface area contributed by atoms with Gasteiger partial charge in [-0.2, -0.15) is 0 Å². The minimum absolute atomic E-state index is 0.107. The molecule has 0 radical (unpaired) electrons. The van der Waals surface area contributed by atoms with E-state index in [1.165, 1.54) is 13.2 Å². The molecular formula is C12H15NO5. The van der Waals surface area contributed by atoms with Crippen LogP contribution >= 0.6 is 0 Å². The summed E-state index contributed by atoms with van der Waals surface area (Å²) in [5.41, 5.74) is 0.835. The lowest BCUT2D eigenvalue weighted by Gasteiger charge is -2.06. The fourth-order valence-corrected chi connectivity index (χ4v) is 1.27. The summed E-state index contributed by atoms with van der Waals surface area (Å²) in [6, 6.07) is 6.38. The number of hydrogen-bond donors (Lipinski definition) is 2. The van der Waals surface area contributed by atoms with E-state index in [2.05, 4.69) is 10.1 Å². The third kappa shape index (κ3) is 4.52. The molecule has 0 aliphatic carbocycles. The molecule has 0 aromatic heterocycles. The Hall–Kier alpha value is -1.92. The zero-order valence-corrected chi connectivity index (χ0v) is 10.0. The van der Waals surface area contributed by atoms with Crippen LogP contribution in [-0.4, -0.2) is 43.9 Å². The molecule has 1 rings (SSSR count). The molecule has 1 amide bonds. The van der Waals surface area contributed by atoms with Crippen molar-refractivity contribution in [2.45, 2.75) is 0 Å². The van der Waals surface area contributed by atoms with Crippen LogP contribution in [0.4, 0.5) is 5.69 Å². The van der Waals surface area contributed by atoms with E-state index < -0.39 is 5.97 Å². The topological polar surface area (TPSA) is 84.9 Å². The lowest BCUT2D eigenvalue weighted by Crippen LogP contribution is -2.19. The third-order valence-corrected chi connectivity index (χ3v) is 2.04. The van der Waals surface area contributed by atoms with E-state index in [0.717, 1.165) is 0 Å². The van der Waals surface area contributed by atoms with Crippen molar-refractivity contribution in [2.75, 3.05) is 32.2 Å². The molecular weight excluding hydrogens is 238 g/mol. The van der Waals surface area contributed by atoms with Crippen LogP contribution in [0, 0.1) is 0 Å². The van der Waals surface area contributed by atoms with Gasteiger partial charge in [0.05, 0.1) is 25.9 Å². The Labute approximate surface area is 105 Å². The van der Waals surface area contributed by atoms with E-state index in [0.29, 0.717) is 11.3 Å². The summed E-state index contributed by atoms with van der Waals surface area (Å²) in [5, 5.41) is 11.1. The second kappa shape index (κ2) is 7.41. The number of carbonyl (C=O) groups is 2. The Balaban J connectivity index is 2.56. The summed E-state index contributed by atoms with van der Waals surface area (Å²) >= 11 is 0. The maximum absolute atomic E-state index is 11.4. The van der Waals surface area contributed by atoms with Gasteiger partial charge in [0.15, 0.2) is 0 Å². The van der Waals surface area contributed by atoms with Crippen LogP contribution in [0.2, 0.25) is 0 Å². The van der Waals surface area contributed by atoms with Crippen molar-refractivity contribution < 1.29 is 24.2 Å². The minimum atomic E-state index is -0.470. The number of ether oxygens (including phenoxy) is 2. The Morgan fingerprint density at radius 1 is 1.39 bits per heavy atom. The first-order valence-electron chi connectivity index (χ1n) is 5.34. The number of aliphatic hydroxyl groups is 1. The van der Waals surface area contributed by atoms with Gasteiger partial charge >= 0.3 is 5.97 Å².